The Kier molecular flexibility index (Phi) is 3.24. The van der Waals surface area contributed by atoms with Gasteiger partial charge in [-0.05, 0) is 41.5 Å². The molecule has 1 aromatic rings. The van der Waals surface area contributed by atoms with Crippen LogP contribution in [0.3, 0.4) is 0 Å². The summed E-state index contributed by atoms with van der Waals surface area (Å²) in [6, 6.07) is 0. The minimum atomic E-state index is -0.840. The van der Waals surface area contributed by atoms with E-state index in [-0.39, 0.29) is 0 Å². The molecule has 90 valence electrons. The average Bonchev–Trinajstić information content (AvgIpc) is 2.09. The molecule has 0 aliphatic carbocycles. The summed E-state index contributed by atoms with van der Waals surface area (Å²) in [5.41, 5.74) is 0.514. The van der Waals surface area contributed by atoms with E-state index >= 15 is 0 Å². The van der Waals surface area contributed by atoms with Crippen molar-refractivity contribution in [1.29, 1.82) is 0 Å². The number of nitrogens with one attached hydrogen (secondary N) is 1. The Bertz CT molecular complexity index is 380. The summed E-state index contributed by atoms with van der Waals surface area (Å²) < 4.78 is 0. The summed E-state index contributed by atoms with van der Waals surface area (Å²) >= 11 is 0. The number of aliphatic hydroxyl groups is 1. The number of hydrogen-bond acceptors (Lipinski definition) is 4. The maximum atomic E-state index is 10.0. The molecule has 0 saturated carbocycles. The Morgan fingerprint density at radius 1 is 1.12 bits per heavy atom. The number of aryl methyl sites for hydroxylation is 2. The normalized spacial score (nSPS) is 12.7. The zero-order valence-electron chi connectivity index (χ0n) is 10.9. The first-order valence-corrected chi connectivity index (χ1v) is 5.44. The smallest absolute Gasteiger partial charge is 0.145 e. The van der Waals surface area contributed by atoms with Gasteiger partial charge in [0.25, 0.3) is 0 Å². The van der Waals surface area contributed by atoms with Crippen molar-refractivity contribution in [3.63, 3.8) is 0 Å². The largest absolute Gasteiger partial charge is 0.388 e. The lowest BCUT2D eigenvalue weighted by Crippen LogP contribution is -2.51. The summed E-state index contributed by atoms with van der Waals surface area (Å²) in [6.07, 6.45) is 1.69. The molecule has 0 unspecified atom stereocenters. The van der Waals surface area contributed by atoms with E-state index in [1.165, 1.54) is 0 Å². The first kappa shape index (κ1) is 12.9. The van der Waals surface area contributed by atoms with Gasteiger partial charge in [0.1, 0.15) is 5.82 Å². The van der Waals surface area contributed by atoms with E-state index < -0.39 is 11.1 Å². The Morgan fingerprint density at radius 3 is 2.12 bits per heavy atom. The van der Waals surface area contributed by atoms with Crippen LogP contribution in [0.4, 0.5) is 5.82 Å². The van der Waals surface area contributed by atoms with Crippen molar-refractivity contribution in [2.45, 2.75) is 52.7 Å². The van der Waals surface area contributed by atoms with Gasteiger partial charge in [0.15, 0.2) is 0 Å². The minimum Gasteiger partial charge on any atom is -0.388 e. The molecule has 0 spiro atoms. The van der Waals surface area contributed by atoms with E-state index in [4.69, 9.17) is 0 Å². The maximum Gasteiger partial charge on any atom is 0.145 e. The highest BCUT2D eigenvalue weighted by molar-refractivity contribution is 5.37. The van der Waals surface area contributed by atoms with E-state index in [9.17, 15) is 5.11 Å². The van der Waals surface area contributed by atoms with Crippen LogP contribution < -0.4 is 5.32 Å². The van der Waals surface area contributed by atoms with Gasteiger partial charge >= 0.3 is 0 Å². The standard InChI is InChI=1S/C12H21N3O/c1-8-9(2)14-10(7-13-8)15-11(3,4)12(5,6)16/h7,16H,1-6H3,(H,14,15). The summed E-state index contributed by atoms with van der Waals surface area (Å²) in [5, 5.41) is 13.2. The fourth-order valence-corrected chi connectivity index (χ4v) is 1.08. The van der Waals surface area contributed by atoms with Crippen molar-refractivity contribution in [3.8, 4) is 0 Å². The number of aromatic nitrogens is 2. The molecule has 0 aliphatic heterocycles. The lowest BCUT2D eigenvalue weighted by molar-refractivity contribution is 0.0238. The second-order valence-electron chi connectivity index (χ2n) is 5.24. The summed E-state index contributed by atoms with van der Waals surface area (Å²) in [5.74, 6) is 0.690. The molecular formula is C12H21N3O. The predicted molar refractivity (Wildman–Crippen MR) is 65.5 cm³/mol. The predicted octanol–water partition coefficient (Wildman–Crippen LogP) is 2.05. The summed E-state index contributed by atoms with van der Waals surface area (Å²) in [4.78, 5) is 8.62. The van der Waals surface area contributed by atoms with Gasteiger partial charge in [0.05, 0.1) is 28.7 Å². The van der Waals surface area contributed by atoms with Crippen LogP contribution in [-0.4, -0.2) is 26.2 Å². The molecule has 0 fully saturated rings. The van der Waals surface area contributed by atoms with Gasteiger partial charge in [-0.2, -0.15) is 0 Å². The van der Waals surface area contributed by atoms with Gasteiger partial charge in [-0.15, -0.1) is 0 Å². The quantitative estimate of drug-likeness (QED) is 0.823. The third kappa shape index (κ3) is 2.70. The molecule has 0 bridgehead atoms. The molecular weight excluding hydrogens is 202 g/mol. The second kappa shape index (κ2) is 4.01. The summed E-state index contributed by atoms with van der Waals surface area (Å²) in [6.45, 7) is 11.3. The third-order valence-electron chi connectivity index (χ3n) is 3.16. The number of anilines is 1. The van der Waals surface area contributed by atoms with Crippen molar-refractivity contribution >= 4 is 5.82 Å². The Balaban J connectivity index is 2.93. The molecule has 0 radical (unpaired) electrons. The van der Waals surface area contributed by atoms with Crippen LogP contribution in [-0.2, 0) is 0 Å². The van der Waals surface area contributed by atoms with Crippen molar-refractivity contribution in [2.75, 3.05) is 5.32 Å². The van der Waals surface area contributed by atoms with Gasteiger partial charge in [-0.3, -0.25) is 4.98 Å². The SMILES string of the molecule is Cc1ncc(NC(C)(C)C(C)(C)O)nc1C. The maximum absolute atomic E-state index is 10.0. The molecule has 1 heterocycles. The minimum absolute atomic E-state index is 0.469. The average molecular weight is 223 g/mol. The molecule has 0 atom stereocenters. The highest BCUT2D eigenvalue weighted by Gasteiger charge is 2.35. The van der Waals surface area contributed by atoms with Gasteiger partial charge in [-0.25, -0.2) is 4.98 Å². The zero-order valence-corrected chi connectivity index (χ0v) is 10.9. The molecule has 0 saturated heterocycles. The topological polar surface area (TPSA) is 58.0 Å². The lowest BCUT2D eigenvalue weighted by Gasteiger charge is -2.38. The zero-order chi connectivity index (χ0) is 12.6. The van der Waals surface area contributed by atoms with Crippen LogP contribution in [0, 0.1) is 13.8 Å². The van der Waals surface area contributed by atoms with Crippen LogP contribution in [0.1, 0.15) is 39.1 Å². The highest BCUT2D eigenvalue weighted by atomic mass is 16.3. The number of nitrogens with zero attached hydrogens (tertiary/aromatic N) is 2. The van der Waals surface area contributed by atoms with Gasteiger partial charge in [0, 0.05) is 0 Å². The van der Waals surface area contributed by atoms with E-state index in [1.54, 1.807) is 20.0 Å². The van der Waals surface area contributed by atoms with Crippen molar-refractivity contribution < 1.29 is 5.11 Å². The Labute approximate surface area is 97.1 Å². The Hall–Kier alpha value is -1.16. The van der Waals surface area contributed by atoms with Crippen LogP contribution in [0.25, 0.3) is 0 Å². The monoisotopic (exact) mass is 223 g/mol. The van der Waals surface area contributed by atoms with Crippen molar-refractivity contribution in [1.82, 2.24) is 9.97 Å². The number of rotatable bonds is 3. The van der Waals surface area contributed by atoms with E-state index in [0.717, 1.165) is 11.4 Å². The van der Waals surface area contributed by atoms with Crippen LogP contribution in [0.5, 0.6) is 0 Å². The lowest BCUT2D eigenvalue weighted by atomic mass is 9.86. The van der Waals surface area contributed by atoms with E-state index in [2.05, 4.69) is 15.3 Å². The molecule has 16 heavy (non-hydrogen) atoms. The molecule has 4 nitrogen and oxygen atoms in total. The highest BCUT2D eigenvalue weighted by Crippen LogP contribution is 2.24. The molecule has 0 aliphatic rings. The number of hydrogen-bond donors (Lipinski definition) is 2. The fraction of sp³-hybridized carbons (Fsp3) is 0.667. The summed E-state index contributed by atoms with van der Waals surface area (Å²) in [7, 11) is 0. The molecule has 4 heteroatoms. The van der Waals surface area contributed by atoms with E-state index in [0.29, 0.717) is 5.82 Å². The second-order valence-corrected chi connectivity index (χ2v) is 5.24. The molecule has 1 rings (SSSR count). The Morgan fingerprint density at radius 2 is 1.69 bits per heavy atom. The third-order valence-corrected chi connectivity index (χ3v) is 3.16. The molecule has 0 amide bonds. The first-order valence-electron chi connectivity index (χ1n) is 5.44. The van der Waals surface area contributed by atoms with E-state index in [1.807, 2.05) is 27.7 Å². The van der Waals surface area contributed by atoms with Crippen molar-refractivity contribution in [2.24, 2.45) is 0 Å². The first-order chi connectivity index (χ1) is 7.13. The fourth-order valence-electron chi connectivity index (χ4n) is 1.08. The van der Waals surface area contributed by atoms with Crippen molar-refractivity contribution in [3.05, 3.63) is 17.6 Å². The molecule has 2 N–H and O–H groups in total. The van der Waals surface area contributed by atoms with Crippen LogP contribution in [0.2, 0.25) is 0 Å². The van der Waals surface area contributed by atoms with Crippen LogP contribution >= 0.6 is 0 Å². The molecule has 0 aromatic carbocycles. The van der Waals surface area contributed by atoms with Gasteiger partial charge in [0.2, 0.25) is 0 Å². The van der Waals surface area contributed by atoms with Gasteiger partial charge in [-0.1, -0.05) is 0 Å². The van der Waals surface area contributed by atoms with Crippen LogP contribution in [0.15, 0.2) is 6.20 Å². The van der Waals surface area contributed by atoms with Gasteiger partial charge < -0.3 is 10.4 Å². The molecule has 1 aromatic heterocycles.